The molecule has 7 atom stereocenters. The van der Waals surface area contributed by atoms with Gasteiger partial charge in [-0.25, -0.2) is 9.36 Å². The monoisotopic (exact) mass is 1060 g/mol. The summed E-state index contributed by atoms with van der Waals surface area (Å²) >= 11 is -1.42. The van der Waals surface area contributed by atoms with E-state index in [0.29, 0.717) is 60.7 Å². The van der Waals surface area contributed by atoms with Crippen LogP contribution in [0.25, 0.3) is 0 Å². The highest BCUT2D eigenvalue weighted by atomic mass is 32.2. The zero-order valence-electron chi connectivity index (χ0n) is 42.8. The number of carbonyl (C=O) groups excluding carboxylic acids is 1. The zero-order valence-corrected chi connectivity index (χ0v) is 44.5. The second-order valence-corrected chi connectivity index (χ2v) is 25.2. The maximum Gasteiger partial charge on any atom is 0.475 e. The number of phosphoric acid groups is 1. The fraction of sp³-hybridized carbons (Fsp3) is 0.667. The Kier molecular flexibility index (Phi) is 19.9. The molecule has 4 fully saturated rings. The number of likely N-dealkylation sites (tertiary alicyclic amines) is 2. The molecule has 73 heavy (non-hydrogen) atoms. The van der Waals surface area contributed by atoms with Crippen LogP contribution in [0.4, 0.5) is 26.7 Å². The molecule has 0 spiro atoms. The standard InChI is InChI=1S/C57H78F5N2O7PS/c1-55-32-28-50-49-25-24-48(70-54(65)64-35-29-47(30-36-64)63-33-15-9-16-34-63)40-46(49)39-45(23-14-5-3-2-4-6-17-37-73(67)38-18-31-56(58,59)57(60,61)62)53(50)51(55)26-27-52(55)71-72(66,68-41-43-19-10-7-11-20-43)69-42-44-21-12-8-13-22-44/h7-8,10-13,19-22,24-25,40,45,47,50-53H,2-6,9,14-18,23,26-39,41-42H2,1H3/t45-,50-,51+,52+,53-,55+,73?/m1/s1. The van der Waals surface area contributed by atoms with Gasteiger partial charge in [0.05, 0.1) is 19.3 Å². The summed E-state index contributed by atoms with van der Waals surface area (Å²) in [6.07, 6.45) is 9.91. The second-order valence-electron chi connectivity index (χ2n) is 21.9. The maximum atomic E-state index is 14.8. The molecule has 2 saturated heterocycles. The number of fused-ring (bicyclic) bond motifs is 5. The number of amides is 1. The number of phosphoric ester groups is 1. The summed E-state index contributed by atoms with van der Waals surface area (Å²) < 4.78 is 116. The molecule has 0 radical (unpaired) electrons. The van der Waals surface area contributed by atoms with E-state index < -0.39 is 43.9 Å². The normalized spacial score (nSPS) is 25.5. The molecule has 16 heteroatoms. The van der Waals surface area contributed by atoms with Gasteiger partial charge in [0.25, 0.3) is 0 Å². The molecule has 3 aliphatic carbocycles. The minimum absolute atomic E-state index is 0.0987. The van der Waals surface area contributed by atoms with Crippen LogP contribution in [0.2, 0.25) is 0 Å². The van der Waals surface area contributed by atoms with Crippen LogP contribution in [0.5, 0.6) is 5.75 Å². The van der Waals surface area contributed by atoms with E-state index in [9.17, 15) is 35.9 Å². The molecule has 2 heterocycles. The van der Waals surface area contributed by atoms with Crippen molar-refractivity contribution in [3.63, 3.8) is 0 Å². The van der Waals surface area contributed by atoms with E-state index in [1.165, 1.54) is 30.4 Å². The lowest BCUT2D eigenvalue weighted by atomic mass is 9.52. The highest BCUT2D eigenvalue weighted by Gasteiger charge is 2.59. The van der Waals surface area contributed by atoms with Crippen LogP contribution < -0.4 is 4.74 Å². The fourth-order valence-electron chi connectivity index (χ4n) is 13.1. The lowest BCUT2D eigenvalue weighted by molar-refractivity contribution is -0.284. The molecule has 404 valence electrons. The first-order valence-electron chi connectivity index (χ1n) is 27.4. The van der Waals surface area contributed by atoms with Crippen molar-refractivity contribution in [2.24, 2.45) is 23.2 Å². The van der Waals surface area contributed by atoms with E-state index in [-0.39, 0.29) is 36.6 Å². The van der Waals surface area contributed by atoms with Gasteiger partial charge in [0, 0.05) is 25.6 Å². The molecule has 0 bridgehead atoms. The summed E-state index contributed by atoms with van der Waals surface area (Å²) in [6, 6.07) is 26.2. The number of hydrogen-bond donors (Lipinski definition) is 0. The summed E-state index contributed by atoms with van der Waals surface area (Å²) in [5.74, 6) is -2.58. The van der Waals surface area contributed by atoms with Crippen LogP contribution >= 0.6 is 7.82 Å². The number of nitrogens with zero attached hydrogens (tertiary/aromatic N) is 2. The second kappa shape index (κ2) is 25.9. The van der Waals surface area contributed by atoms with E-state index in [1.54, 1.807) is 0 Å². The Morgan fingerprint density at radius 2 is 1.37 bits per heavy atom. The minimum Gasteiger partial charge on any atom is -0.616 e. The molecule has 0 N–H and O–H groups in total. The van der Waals surface area contributed by atoms with Gasteiger partial charge in [0.2, 0.25) is 0 Å². The van der Waals surface area contributed by atoms with Gasteiger partial charge < -0.3 is 19.1 Å². The van der Waals surface area contributed by atoms with E-state index in [0.717, 1.165) is 114 Å². The highest BCUT2D eigenvalue weighted by molar-refractivity contribution is 7.91. The average molecular weight is 1060 g/mol. The van der Waals surface area contributed by atoms with Crippen molar-refractivity contribution in [3.8, 4) is 5.75 Å². The molecule has 1 unspecified atom stereocenters. The van der Waals surface area contributed by atoms with Crippen LogP contribution in [0.1, 0.15) is 157 Å². The third kappa shape index (κ3) is 14.9. The largest absolute Gasteiger partial charge is 0.616 e. The third-order valence-electron chi connectivity index (χ3n) is 17.1. The Bertz CT molecular complexity index is 2190. The number of rotatable bonds is 24. The van der Waals surface area contributed by atoms with Crippen molar-refractivity contribution in [1.82, 2.24) is 9.80 Å². The van der Waals surface area contributed by atoms with Crippen molar-refractivity contribution in [1.29, 1.82) is 0 Å². The van der Waals surface area contributed by atoms with Gasteiger partial charge >= 0.3 is 26.0 Å². The topological polar surface area (TPSA) is 101 Å². The number of carbonyl (C=O) groups is 1. The lowest BCUT2D eigenvalue weighted by Crippen LogP contribution is -2.48. The van der Waals surface area contributed by atoms with Crippen molar-refractivity contribution in [2.45, 2.75) is 179 Å². The van der Waals surface area contributed by atoms with Crippen molar-refractivity contribution >= 4 is 25.1 Å². The van der Waals surface area contributed by atoms with E-state index in [1.807, 2.05) is 71.6 Å². The Hall–Kier alpha value is -3.04. The van der Waals surface area contributed by atoms with Crippen molar-refractivity contribution in [2.75, 3.05) is 37.7 Å². The molecular weight excluding hydrogens is 983 g/mol. The number of piperidine rings is 2. The summed E-state index contributed by atoms with van der Waals surface area (Å²) in [6.45, 7) is 6.26. The van der Waals surface area contributed by atoms with Gasteiger partial charge in [-0.15, -0.1) is 0 Å². The summed E-state index contributed by atoms with van der Waals surface area (Å²) in [4.78, 5) is 18.1. The van der Waals surface area contributed by atoms with E-state index >= 15 is 0 Å². The van der Waals surface area contributed by atoms with Crippen molar-refractivity contribution in [3.05, 3.63) is 101 Å². The Morgan fingerprint density at radius 3 is 2.01 bits per heavy atom. The van der Waals surface area contributed by atoms with Gasteiger partial charge in [0.15, 0.2) is 0 Å². The molecule has 5 aliphatic rings. The van der Waals surface area contributed by atoms with Gasteiger partial charge in [-0.2, -0.15) is 22.0 Å². The Labute approximate surface area is 433 Å². The molecule has 1 amide bonds. The van der Waals surface area contributed by atoms with Gasteiger partial charge in [-0.05, 0) is 160 Å². The first kappa shape index (κ1) is 56.2. The number of unbranched alkanes of at least 4 members (excludes halogenated alkanes) is 6. The number of halogens is 5. The summed E-state index contributed by atoms with van der Waals surface area (Å²) in [7, 11) is -4.03. The van der Waals surface area contributed by atoms with Crippen LogP contribution in [-0.4, -0.2) is 82.4 Å². The van der Waals surface area contributed by atoms with Crippen molar-refractivity contribution < 1.29 is 54.2 Å². The molecule has 3 aromatic rings. The molecule has 0 aromatic heterocycles. The quantitative estimate of drug-likeness (QED) is 0.0378. The van der Waals surface area contributed by atoms with Crippen LogP contribution in [-0.2, 0) is 48.9 Å². The first-order chi connectivity index (χ1) is 35.1. The first-order valence-corrected chi connectivity index (χ1v) is 30.3. The molecular formula is C57H78F5N2O7PS. The van der Waals surface area contributed by atoms with E-state index in [2.05, 4.69) is 24.0 Å². The fourth-order valence-corrected chi connectivity index (χ4v) is 15.7. The molecule has 2 aliphatic heterocycles. The van der Waals surface area contributed by atoms with E-state index in [4.69, 9.17) is 18.3 Å². The number of hydrogen-bond acceptors (Lipinski definition) is 8. The van der Waals surface area contributed by atoms with Gasteiger partial charge in [-0.3, -0.25) is 13.6 Å². The zero-order chi connectivity index (χ0) is 51.5. The highest BCUT2D eigenvalue weighted by Crippen LogP contribution is 2.66. The minimum atomic E-state index is -5.58. The van der Waals surface area contributed by atoms with Gasteiger partial charge in [-0.1, -0.05) is 123 Å². The molecule has 3 aromatic carbocycles. The number of ether oxygens (including phenoxy) is 1. The number of benzene rings is 3. The van der Waals surface area contributed by atoms with Crippen LogP contribution in [0.15, 0.2) is 78.9 Å². The SMILES string of the molecule is C[C@]12CC[C@@H]3c4ccc(OC(=O)N5CCC(N6CCCCC6)CC5)cc4C[C@@H](CCCCCCCCC[S+]([O-])CCCC(F)(F)C(F)(F)F)[C@H]3[C@@H]1CC[C@@H]2OP(=O)(OCc1ccccc1)OCc1ccccc1. The molecule has 8 rings (SSSR count). The summed E-state index contributed by atoms with van der Waals surface area (Å²) in [5, 5.41) is 0. The predicted molar refractivity (Wildman–Crippen MR) is 276 cm³/mol. The molecule has 2 saturated carbocycles. The van der Waals surface area contributed by atoms with Crippen LogP contribution in [0, 0.1) is 23.2 Å². The predicted octanol–water partition coefficient (Wildman–Crippen LogP) is 15.0. The summed E-state index contributed by atoms with van der Waals surface area (Å²) in [5.41, 5.74) is 4.11. The van der Waals surface area contributed by atoms with Crippen LogP contribution in [0.3, 0.4) is 0 Å². The Balaban J connectivity index is 0.898. The van der Waals surface area contributed by atoms with Gasteiger partial charge in [0.1, 0.15) is 17.3 Å². The Morgan fingerprint density at radius 1 is 0.753 bits per heavy atom. The number of alkyl halides is 5. The third-order valence-corrected chi connectivity index (χ3v) is 20.0. The average Bonchev–Trinajstić information content (AvgIpc) is 3.72. The maximum absolute atomic E-state index is 14.8. The lowest BCUT2D eigenvalue weighted by Gasteiger charge is -2.53. The smallest absolute Gasteiger partial charge is 0.475 e. The molecule has 9 nitrogen and oxygen atoms in total.